The van der Waals surface area contributed by atoms with Gasteiger partial charge in [-0.2, -0.15) is 0 Å². The predicted octanol–water partition coefficient (Wildman–Crippen LogP) is 7.93. The van der Waals surface area contributed by atoms with Crippen molar-refractivity contribution < 1.29 is 0 Å². The van der Waals surface area contributed by atoms with Crippen LogP contribution >= 0.6 is 31.9 Å². The van der Waals surface area contributed by atoms with Gasteiger partial charge in [-0.05, 0) is 83.9 Å². The van der Waals surface area contributed by atoms with E-state index in [4.69, 9.17) is 5.73 Å². The highest BCUT2D eigenvalue weighted by Gasteiger charge is 2.12. The van der Waals surface area contributed by atoms with Gasteiger partial charge in [0.05, 0.1) is 0 Å². The minimum atomic E-state index is 0.775. The molecule has 0 amide bonds. The average molecular weight is 494 g/mol. The Hall–Kier alpha value is -2.56. The lowest BCUT2D eigenvalue weighted by atomic mass is 10.0. The van der Waals surface area contributed by atoms with Crippen molar-refractivity contribution in [2.24, 2.45) is 0 Å². The lowest BCUT2D eigenvalue weighted by Gasteiger charge is -2.25. The van der Waals surface area contributed by atoms with Crippen LogP contribution in [-0.4, -0.2) is 0 Å². The second-order valence-corrected chi connectivity index (χ2v) is 8.29. The summed E-state index contributed by atoms with van der Waals surface area (Å²) in [5.41, 5.74) is 12.2. The molecule has 4 rings (SSSR count). The van der Waals surface area contributed by atoms with Gasteiger partial charge in [0, 0.05) is 31.7 Å². The zero-order valence-electron chi connectivity index (χ0n) is 15.0. The van der Waals surface area contributed by atoms with Gasteiger partial charge < -0.3 is 10.6 Å². The molecule has 4 aromatic rings. The molecule has 0 atom stereocenters. The molecule has 0 spiro atoms. The molecule has 0 aliphatic heterocycles. The molecule has 0 saturated carbocycles. The minimum Gasteiger partial charge on any atom is -0.399 e. The van der Waals surface area contributed by atoms with Crippen LogP contribution in [-0.2, 0) is 0 Å². The van der Waals surface area contributed by atoms with Gasteiger partial charge in [0.1, 0.15) is 0 Å². The molecular formula is C24H18Br2N2. The third-order valence-electron chi connectivity index (χ3n) is 4.54. The maximum absolute atomic E-state index is 5.81. The number of anilines is 4. The van der Waals surface area contributed by atoms with Crippen LogP contribution in [0.4, 0.5) is 22.7 Å². The van der Waals surface area contributed by atoms with E-state index in [1.54, 1.807) is 0 Å². The van der Waals surface area contributed by atoms with E-state index in [1.807, 2.05) is 24.3 Å². The van der Waals surface area contributed by atoms with Gasteiger partial charge in [-0.1, -0.05) is 56.1 Å². The summed E-state index contributed by atoms with van der Waals surface area (Å²) in [7, 11) is 0. The summed E-state index contributed by atoms with van der Waals surface area (Å²) in [4.78, 5) is 2.24. The summed E-state index contributed by atoms with van der Waals surface area (Å²) >= 11 is 7.05. The highest BCUT2D eigenvalue weighted by atomic mass is 79.9. The summed E-state index contributed by atoms with van der Waals surface area (Å²) in [6.07, 6.45) is 0. The average Bonchev–Trinajstić information content (AvgIpc) is 2.72. The third-order valence-corrected chi connectivity index (χ3v) is 5.60. The van der Waals surface area contributed by atoms with E-state index >= 15 is 0 Å². The molecule has 0 heterocycles. The standard InChI is InChI=1S/C24H18Br2N2/c25-19-5-13-23(14-6-19)28(24-15-7-20(26)8-16-24)22-11-3-18(4-12-22)17-1-9-21(27)10-2-17/h1-16H,27H2. The molecule has 0 radical (unpaired) electrons. The van der Waals surface area contributed by atoms with Crippen LogP contribution in [0.25, 0.3) is 11.1 Å². The van der Waals surface area contributed by atoms with Gasteiger partial charge in [-0.15, -0.1) is 0 Å². The molecule has 4 aromatic carbocycles. The number of hydrogen-bond donors (Lipinski definition) is 1. The number of nitrogens with zero attached hydrogens (tertiary/aromatic N) is 1. The lowest BCUT2D eigenvalue weighted by Crippen LogP contribution is -2.09. The second kappa shape index (κ2) is 8.21. The Balaban J connectivity index is 1.74. The number of halogens is 2. The first kappa shape index (κ1) is 18.8. The lowest BCUT2D eigenvalue weighted by molar-refractivity contribution is 1.28. The molecule has 0 fully saturated rings. The first-order chi connectivity index (χ1) is 13.6. The summed E-state index contributed by atoms with van der Waals surface area (Å²) in [6, 6.07) is 33.2. The number of nitrogens with two attached hydrogens (primary N) is 1. The largest absolute Gasteiger partial charge is 0.399 e. The normalized spacial score (nSPS) is 10.6. The van der Waals surface area contributed by atoms with Gasteiger partial charge in [-0.25, -0.2) is 0 Å². The van der Waals surface area contributed by atoms with Gasteiger partial charge >= 0.3 is 0 Å². The summed E-state index contributed by atoms with van der Waals surface area (Å²) in [5, 5.41) is 0. The van der Waals surface area contributed by atoms with E-state index in [2.05, 4.69) is 110 Å². The van der Waals surface area contributed by atoms with Crippen molar-refractivity contribution in [3.05, 3.63) is 106 Å². The Morgan fingerprint density at radius 3 is 1.18 bits per heavy atom. The number of rotatable bonds is 4. The van der Waals surface area contributed by atoms with Crippen LogP contribution in [0.5, 0.6) is 0 Å². The van der Waals surface area contributed by atoms with E-state index in [0.717, 1.165) is 42.8 Å². The van der Waals surface area contributed by atoms with E-state index < -0.39 is 0 Å². The van der Waals surface area contributed by atoms with Crippen LogP contribution in [0.15, 0.2) is 106 Å². The maximum atomic E-state index is 5.81. The molecule has 0 unspecified atom stereocenters. The quantitative estimate of drug-likeness (QED) is 0.292. The smallest absolute Gasteiger partial charge is 0.0462 e. The van der Waals surface area contributed by atoms with Gasteiger partial charge in [0.2, 0.25) is 0 Å². The Labute approximate surface area is 181 Å². The molecule has 0 aromatic heterocycles. The van der Waals surface area contributed by atoms with Crippen LogP contribution < -0.4 is 10.6 Å². The zero-order chi connectivity index (χ0) is 19.5. The topological polar surface area (TPSA) is 29.3 Å². The number of hydrogen-bond acceptors (Lipinski definition) is 2. The molecule has 138 valence electrons. The molecule has 0 aliphatic rings. The summed E-state index contributed by atoms with van der Waals surface area (Å²) in [5.74, 6) is 0. The fourth-order valence-corrected chi connectivity index (χ4v) is 3.63. The van der Waals surface area contributed by atoms with E-state index in [9.17, 15) is 0 Å². The number of benzene rings is 4. The highest BCUT2D eigenvalue weighted by molar-refractivity contribution is 9.10. The predicted molar refractivity (Wildman–Crippen MR) is 126 cm³/mol. The highest BCUT2D eigenvalue weighted by Crippen LogP contribution is 2.36. The summed E-state index contributed by atoms with van der Waals surface area (Å²) < 4.78 is 2.12. The van der Waals surface area contributed by atoms with Crippen molar-refractivity contribution in [1.29, 1.82) is 0 Å². The van der Waals surface area contributed by atoms with E-state index in [1.165, 1.54) is 0 Å². The van der Waals surface area contributed by atoms with Crippen molar-refractivity contribution in [3.63, 3.8) is 0 Å². The fourth-order valence-electron chi connectivity index (χ4n) is 3.11. The Bertz CT molecular complexity index is 1010. The minimum absolute atomic E-state index is 0.775. The van der Waals surface area contributed by atoms with E-state index in [0.29, 0.717) is 0 Å². The van der Waals surface area contributed by atoms with Gasteiger partial charge in [0.25, 0.3) is 0 Å². The molecule has 0 bridgehead atoms. The van der Waals surface area contributed by atoms with Crippen molar-refractivity contribution in [3.8, 4) is 11.1 Å². The zero-order valence-corrected chi connectivity index (χ0v) is 18.2. The monoisotopic (exact) mass is 492 g/mol. The molecule has 0 saturated heterocycles. The van der Waals surface area contributed by atoms with Crippen LogP contribution in [0, 0.1) is 0 Å². The first-order valence-corrected chi connectivity index (χ1v) is 10.5. The van der Waals surface area contributed by atoms with Crippen molar-refractivity contribution in [2.45, 2.75) is 0 Å². The molecule has 4 heteroatoms. The Kier molecular flexibility index (Phi) is 5.51. The third kappa shape index (κ3) is 4.13. The van der Waals surface area contributed by atoms with Crippen LogP contribution in [0.3, 0.4) is 0 Å². The SMILES string of the molecule is Nc1ccc(-c2ccc(N(c3ccc(Br)cc3)c3ccc(Br)cc3)cc2)cc1. The molecule has 28 heavy (non-hydrogen) atoms. The number of nitrogen functional groups attached to an aromatic ring is 1. The summed E-state index contributed by atoms with van der Waals surface area (Å²) in [6.45, 7) is 0. The maximum Gasteiger partial charge on any atom is 0.0462 e. The Morgan fingerprint density at radius 1 is 0.464 bits per heavy atom. The van der Waals surface area contributed by atoms with E-state index in [-0.39, 0.29) is 0 Å². The second-order valence-electron chi connectivity index (χ2n) is 6.46. The molecule has 2 nitrogen and oxygen atoms in total. The Morgan fingerprint density at radius 2 is 0.786 bits per heavy atom. The van der Waals surface area contributed by atoms with Crippen LogP contribution in [0.2, 0.25) is 0 Å². The molecule has 2 N–H and O–H groups in total. The molecule has 0 aliphatic carbocycles. The van der Waals surface area contributed by atoms with Crippen molar-refractivity contribution in [1.82, 2.24) is 0 Å². The van der Waals surface area contributed by atoms with Gasteiger partial charge in [0.15, 0.2) is 0 Å². The first-order valence-electron chi connectivity index (χ1n) is 8.87. The van der Waals surface area contributed by atoms with Gasteiger partial charge in [-0.3, -0.25) is 0 Å². The van der Waals surface area contributed by atoms with Crippen LogP contribution in [0.1, 0.15) is 0 Å². The van der Waals surface area contributed by atoms with Crippen molar-refractivity contribution >= 4 is 54.6 Å². The fraction of sp³-hybridized carbons (Fsp3) is 0. The molecular weight excluding hydrogens is 476 g/mol. The van der Waals surface area contributed by atoms with Crippen molar-refractivity contribution in [2.75, 3.05) is 10.6 Å².